The molecule has 2 unspecified atom stereocenters. The van der Waals surface area contributed by atoms with Gasteiger partial charge in [0.1, 0.15) is 17.3 Å². The molecule has 1 saturated heterocycles. The van der Waals surface area contributed by atoms with Crippen LogP contribution in [0.2, 0.25) is 0 Å². The van der Waals surface area contributed by atoms with E-state index < -0.39 is 0 Å². The van der Waals surface area contributed by atoms with E-state index in [0.717, 1.165) is 54.7 Å². The molecule has 0 spiro atoms. The Balaban J connectivity index is 1.67. The largest absolute Gasteiger partial charge is 0.497 e. The van der Waals surface area contributed by atoms with Crippen molar-refractivity contribution in [3.8, 4) is 11.5 Å². The molecule has 7 nitrogen and oxygen atoms in total. The van der Waals surface area contributed by atoms with Crippen molar-refractivity contribution >= 4 is 5.96 Å². The van der Waals surface area contributed by atoms with E-state index in [4.69, 9.17) is 23.6 Å². The summed E-state index contributed by atoms with van der Waals surface area (Å²) in [5, 5.41) is 6.88. The number of rotatable bonds is 9. The average Bonchev–Trinajstić information content (AvgIpc) is 3.45. The predicted octanol–water partition coefficient (Wildman–Crippen LogP) is 3.31. The van der Waals surface area contributed by atoms with Gasteiger partial charge in [-0.2, -0.15) is 0 Å². The Morgan fingerprint density at radius 3 is 2.86 bits per heavy atom. The topological polar surface area (TPSA) is 77.2 Å². The Morgan fingerprint density at radius 1 is 1.28 bits per heavy atom. The number of aliphatic imine (C=N–C) groups is 1. The summed E-state index contributed by atoms with van der Waals surface area (Å²) >= 11 is 0. The molecule has 0 aliphatic carbocycles. The summed E-state index contributed by atoms with van der Waals surface area (Å²) in [6.07, 6.45) is 4.83. The third-order valence-electron chi connectivity index (χ3n) is 4.98. The molecule has 1 aromatic heterocycles. The van der Waals surface area contributed by atoms with Crippen LogP contribution < -0.4 is 20.1 Å². The lowest BCUT2D eigenvalue weighted by Crippen LogP contribution is -2.40. The third kappa shape index (κ3) is 6.15. The van der Waals surface area contributed by atoms with E-state index in [-0.39, 0.29) is 12.1 Å². The van der Waals surface area contributed by atoms with Crippen LogP contribution in [-0.2, 0) is 11.2 Å². The number of hydrogen-bond acceptors (Lipinski definition) is 5. The second kappa shape index (κ2) is 10.8. The Labute approximate surface area is 172 Å². The van der Waals surface area contributed by atoms with Gasteiger partial charge in [-0.1, -0.05) is 0 Å². The molecule has 0 saturated carbocycles. The highest BCUT2D eigenvalue weighted by Crippen LogP contribution is 2.29. The molecule has 0 bridgehead atoms. The highest BCUT2D eigenvalue weighted by molar-refractivity contribution is 5.80. The Bertz CT molecular complexity index is 770. The molecule has 29 heavy (non-hydrogen) atoms. The Kier molecular flexibility index (Phi) is 7.81. The molecule has 7 heteroatoms. The highest BCUT2D eigenvalue weighted by atomic mass is 16.5. The van der Waals surface area contributed by atoms with Crippen LogP contribution in [0.4, 0.5) is 0 Å². The van der Waals surface area contributed by atoms with Crippen molar-refractivity contribution in [1.29, 1.82) is 0 Å². The Hall–Kier alpha value is -2.67. The second-order valence-electron chi connectivity index (χ2n) is 7.05. The maximum Gasteiger partial charge on any atom is 0.191 e. The first-order valence-electron chi connectivity index (χ1n) is 10.1. The van der Waals surface area contributed by atoms with Gasteiger partial charge in [0, 0.05) is 25.1 Å². The summed E-state index contributed by atoms with van der Waals surface area (Å²) in [5.74, 6) is 3.28. The van der Waals surface area contributed by atoms with E-state index in [2.05, 4.69) is 17.6 Å². The zero-order chi connectivity index (χ0) is 20.5. The van der Waals surface area contributed by atoms with Gasteiger partial charge in [0.2, 0.25) is 0 Å². The molecule has 0 amide bonds. The molecule has 2 N–H and O–H groups in total. The van der Waals surface area contributed by atoms with Gasteiger partial charge >= 0.3 is 0 Å². The standard InChI is InChI=1S/C22H31N3O4/c1-16(20-14-18(26-2)8-9-21(20)27-3)25-22(24-15-19-7-5-13-29-19)23-11-10-17-6-4-12-28-17/h4,6,8-9,12,14,16,19H,5,7,10-11,13,15H2,1-3H3,(H2,23,24,25). The third-order valence-corrected chi connectivity index (χ3v) is 4.98. The van der Waals surface area contributed by atoms with Crippen LogP contribution in [0, 0.1) is 0 Å². The van der Waals surface area contributed by atoms with Gasteiger partial charge in [-0.15, -0.1) is 0 Å². The van der Waals surface area contributed by atoms with Crippen LogP contribution in [0.1, 0.15) is 37.1 Å². The van der Waals surface area contributed by atoms with Gasteiger partial charge in [0.05, 0.1) is 39.2 Å². The number of nitrogens with one attached hydrogen (secondary N) is 2. The minimum atomic E-state index is -0.0283. The van der Waals surface area contributed by atoms with E-state index in [1.165, 1.54) is 0 Å². The zero-order valence-electron chi connectivity index (χ0n) is 17.4. The first kappa shape index (κ1) is 21.0. The maximum absolute atomic E-state index is 5.71. The van der Waals surface area contributed by atoms with E-state index >= 15 is 0 Å². The minimum Gasteiger partial charge on any atom is -0.497 e. The smallest absolute Gasteiger partial charge is 0.191 e. The normalized spacial score (nSPS) is 17.8. The molecular formula is C22H31N3O4. The molecular weight excluding hydrogens is 370 g/mol. The average molecular weight is 402 g/mol. The quantitative estimate of drug-likeness (QED) is 0.496. The van der Waals surface area contributed by atoms with Gasteiger partial charge in [0.25, 0.3) is 0 Å². The van der Waals surface area contributed by atoms with Crippen molar-refractivity contribution in [1.82, 2.24) is 10.6 Å². The lowest BCUT2D eigenvalue weighted by Gasteiger charge is -2.21. The summed E-state index contributed by atoms with van der Waals surface area (Å²) in [6.45, 7) is 4.25. The van der Waals surface area contributed by atoms with Gasteiger partial charge < -0.3 is 29.3 Å². The monoisotopic (exact) mass is 401 g/mol. The van der Waals surface area contributed by atoms with Crippen LogP contribution in [-0.4, -0.2) is 46.0 Å². The van der Waals surface area contributed by atoms with Crippen molar-refractivity contribution in [2.75, 3.05) is 33.9 Å². The van der Waals surface area contributed by atoms with Crippen LogP contribution in [0.15, 0.2) is 46.0 Å². The molecule has 1 aliphatic heterocycles. The van der Waals surface area contributed by atoms with Crippen molar-refractivity contribution < 1.29 is 18.6 Å². The molecule has 1 aromatic carbocycles. The molecule has 3 rings (SSSR count). The van der Waals surface area contributed by atoms with Crippen molar-refractivity contribution in [3.63, 3.8) is 0 Å². The van der Waals surface area contributed by atoms with Crippen LogP contribution in [0.5, 0.6) is 11.5 Å². The van der Waals surface area contributed by atoms with Gasteiger partial charge in [0.15, 0.2) is 5.96 Å². The number of methoxy groups -OCH3 is 2. The zero-order valence-corrected chi connectivity index (χ0v) is 17.4. The first-order chi connectivity index (χ1) is 14.2. The number of hydrogen-bond donors (Lipinski definition) is 2. The van der Waals surface area contributed by atoms with E-state index in [1.807, 2.05) is 30.3 Å². The number of benzene rings is 1. The summed E-state index contributed by atoms with van der Waals surface area (Å²) in [4.78, 5) is 4.75. The summed E-state index contributed by atoms with van der Waals surface area (Å²) in [7, 11) is 3.33. The van der Waals surface area contributed by atoms with Crippen LogP contribution in [0.25, 0.3) is 0 Å². The fourth-order valence-electron chi connectivity index (χ4n) is 3.35. The van der Waals surface area contributed by atoms with Gasteiger partial charge in [-0.25, -0.2) is 0 Å². The highest BCUT2D eigenvalue weighted by Gasteiger charge is 2.17. The van der Waals surface area contributed by atoms with Crippen LogP contribution in [0.3, 0.4) is 0 Å². The number of nitrogens with zero attached hydrogens (tertiary/aromatic N) is 1. The fraction of sp³-hybridized carbons (Fsp3) is 0.500. The van der Waals surface area contributed by atoms with E-state index in [1.54, 1.807) is 20.5 Å². The summed E-state index contributed by atoms with van der Waals surface area (Å²) in [5.41, 5.74) is 1.00. The minimum absolute atomic E-state index is 0.0283. The lowest BCUT2D eigenvalue weighted by atomic mass is 10.1. The number of ether oxygens (including phenoxy) is 3. The summed E-state index contributed by atoms with van der Waals surface area (Å²) in [6, 6.07) is 9.64. The fourth-order valence-corrected chi connectivity index (χ4v) is 3.35. The van der Waals surface area contributed by atoms with Gasteiger partial charge in [-0.3, -0.25) is 4.99 Å². The van der Waals surface area contributed by atoms with E-state index in [0.29, 0.717) is 13.1 Å². The Morgan fingerprint density at radius 2 is 2.17 bits per heavy atom. The maximum atomic E-state index is 5.71. The first-order valence-corrected chi connectivity index (χ1v) is 10.1. The molecule has 1 fully saturated rings. The van der Waals surface area contributed by atoms with Crippen molar-refractivity contribution in [2.24, 2.45) is 4.99 Å². The van der Waals surface area contributed by atoms with Crippen LogP contribution >= 0.6 is 0 Å². The molecule has 2 aromatic rings. The molecule has 2 heterocycles. The number of guanidine groups is 1. The predicted molar refractivity (Wildman–Crippen MR) is 113 cm³/mol. The van der Waals surface area contributed by atoms with Crippen molar-refractivity contribution in [2.45, 2.75) is 38.3 Å². The molecule has 2 atom stereocenters. The van der Waals surface area contributed by atoms with Gasteiger partial charge in [-0.05, 0) is 50.1 Å². The van der Waals surface area contributed by atoms with Crippen molar-refractivity contribution in [3.05, 3.63) is 47.9 Å². The lowest BCUT2D eigenvalue weighted by molar-refractivity contribution is 0.117. The molecule has 158 valence electrons. The number of furan rings is 1. The SMILES string of the molecule is COc1ccc(OC)c(C(C)NC(=NCC2CCCO2)NCCc2ccco2)c1. The summed E-state index contributed by atoms with van der Waals surface area (Å²) < 4.78 is 22.0. The second-order valence-corrected chi connectivity index (χ2v) is 7.05. The van der Waals surface area contributed by atoms with E-state index in [9.17, 15) is 0 Å². The molecule has 0 radical (unpaired) electrons. The molecule has 1 aliphatic rings.